The summed E-state index contributed by atoms with van der Waals surface area (Å²) in [5, 5.41) is 0. The Kier molecular flexibility index (Phi) is 6.05. The van der Waals surface area contributed by atoms with Crippen LogP contribution in [0.5, 0.6) is 0 Å². The average Bonchev–Trinajstić information content (AvgIpc) is 2.29. The van der Waals surface area contributed by atoms with E-state index in [1.54, 1.807) is 0 Å². The van der Waals surface area contributed by atoms with E-state index >= 15 is 0 Å². The second kappa shape index (κ2) is 7.09. The molecule has 3 heteroatoms. The van der Waals surface area contributed by atoms with Crippen molar-refractivity contribution in [2.75, 3.05) is 13.1 Å². The van der Waals surface area contributed by atoms with Gasteiger partial charge in [-0.1, -0.05) is 49.7 Å². The van der Waals surface area contributed by atoms with Crippen LogP contribution in [0.25, 0.3) is 0 Å². The number of aryl methyl sites for hydroxylation is 1. The lowest BCUT2D eigenvalue weighted by Gasteiger charge is -2.27. The molecule has 0 heterocycles. The fourth-order valence-corrected chi connectivity index (χ4v) is 2.48. The fraction of sp³-hybridized carbons (Fsp3) is 0.562. The van der Waals surface area contributed by atoms with Crippen LogP contribution in [0.1, 0.15) is 43.6 Å². The lowest BCUT2D eigenvalue weighted by Crippen LogP contribution is -2.37. The molecular weight excluding hydrogens is 302 g/mol. The SMILES string of the molecule is Cc1ccc(Br)cc1C(=O)N(CC(C)C)CC(C)C. The molecule has 1 aromatic rings. The quantitative estimate of drug-likeness (QED) is 0.779. The largest absolute Gasteiger partial charge is 0.338 e. The third kappa shape index (κ3) is 4.98. The number of carbonyl (C=O) groups is 1. The first-order chi connectivity index (χ1) is 8.81. The van der Waals surface area contributed by atoms with E-state index in [0.717, 1.165) is 28.7 Å². The monoisotopic (exact) mass is 325 g/mol. The van der Waals surface area contributed by atoms with E-state index in [-0.39, 0.29) is 5.91 Å². The van der Waals surface area contributed by atoms with Gasteiger partial charge in [-0.3, -0.25) is 4.79 Å². The van der Waals surface area contributed by atoms with Gasteiger partial charge in [0.2, 0.25) is 0 Å². The highest BCUT2D eigenvalue weighted by atomic mass is 79.9. The van der Waals surface area contributed by atoms with E-state index in [1.807, 2.05) is 30.0 Å². The van der Waals surface area contributed by atoms with Gasteiger partial charge in [-0.15, -0.1) is 0 Å². The second-order valence-corrected chi connectivity index (χ2v) is 6.87. The molecular formula is C16H24BrNO. The first-order valence-electron chi connectivity index (χ1n) is 6.86. The van der Waals surface area contributed by atoms with E-state index < -0.39 is 0 Å². The first kappa shape index (κ1) is 16.2. The number of hydrogen-bond acceptors (Lipinski definition) is 1. The highest BCUT2D eigenvalue weighted by Crippen LogP contribution is 2.19. The van der Waals surface area contributed by atoms with Crippen LogP contribution in [0, 0.1) is 18.8 Å². The molecule has 0 saturated carbocycles. The molecule has 0 aliphatic heterocycles. The van der Waals surface area contributed by atoms with Gasteiger partial charge in [-0.2, -0.15) is 0 Å². The lowest BCUT2D eigenvalue weighted by atomic mass is 10.1. The summed E-state index contributed by atoms with van der Waals surface area (Å²) >= 11 is 3.44. The van der Waals surface area contributed by atoms with Crippen molar-refractivity contribution in [3.8, 4) is 0 Å². The number of rotatable bonds is 5. The molecule has 106 valence electrons. The van der Waals surface area contributed by atoms with E-state index in [2.05, 4.69) is 43.6 Å². The van der Waals surface area contributed by atoms with E-state index in [9.17, 15) is 4.79 Å². The minimum absolute atomic E-state index is 0.140. The van der Waals surface area contributed by atoms with Crippen molar-refractivity contribution in [2.24, 2.45) is 11.8 Å². The minimum Gasteiger partial charge on any atom is -0.338 e. The van der Waals surface area contributed by atoms with Crippen LogP contribution < -0.4 is 0 Å². The molecule has 1 aromatic carbocycles. The molecule has 0 aliphatic carbocycles. The molecule has 0 radical (unpaired) electrons. The summed E-state index contributed by atoms with van der Waals surface area (Å²) in [5.74, 6) is 1.10. The van der Waals surface area contributed by atoms with Gasteiger partial charge in [0.25, 0.3) is 5.91 Å². The number of nitrogens with zero attached hydrogens (tertiary/aromatic N) is 1. The number of carbonyl (C=O) groups excluding carboxylic acids is 1. The number of benzene rings is 1. The summed E-state index contributed by atoms with van der Waals surface area (Å²) in [4.78, 5) is 14.7. The topological polar surface area (TPSA) is 20.3 Å². The van der Waals surface area contributed by atoms with Gasteiger partial charge in [0, 0.05) is 23.1 Å². The van der Waals surface area contributed by atoms with Crippen LogP contribution in [0.3, 0.4) is 0 Å². The van der Waals surface area contributed by atoms with Gasteiger partial charge in [-0.25, -0.2) is 0 Å². The fourth-order valence-electron chi connectivity index (χ4n) is 2.12. The van der Waals surface area contributed by atoms with Gasteiger partial charge in [0.15, 0.2) is 0 Å². The van der Waals surface area contributed by atoms with E-state index in [1.165, 1.54) is 0 Å². The zero-order valence-electron chi connectivity index (χ0n) is 12.5. The molecule has 0 bridgehead atoms. The molecule has 19 heavy (non-hydrogen) atoms. The molecule has 0 atom stereocenters. The Bertz CT molecular complexity index is 430. The smallest absolute Gasteiger partial charge is 0.254 e. The third-order valence-electron chi connectivity index (χ3n) is 2.89. The number of hydrogen-bond donors (Lipinski definition) is 0. The molecule has 1 amide bonds. The summed E-state index contributed by atoms with van der Waals surface area (Å²) in [6.07, 6.45) is 0. The van der Waals surface area contributed by atoms with Gasteiger partial charge < -0.3 is 4.90 Å². The predicted molar refractivity (Wildman–Crippen MR) is 84.5 cm³/mol. The number of amides is 1. The first-order valence-corrected chi connectivity index (χ1v) is 7.66. The molecule has 0 fully saturated rings. The predicted octanol–water partition coefficient (Wildman–Crippen LogP) is 4.51. The van der Waals surface area contributed by atoms with Gasteiger partial charge >= 0.3 is 0 Å². The maximum Gasteiger partial charge on any atom is 0.254 e. The van der Waals surface area contributed by atoms with Gasteiger partial charge in [0.05, 0.1) is 0 Å². The molecule has 2 nitrogen and oxygen atoms in total. The summed E-state index contributed by atoms with van der Waals surface area (Å²) < 4.78 is 0.954. The zero-order chi connectivity index (χ0) is 14.6. The third-order valence-corrected chi connectivity index (χ3v) is 3.38. The Balaban J connectivity index is 3.00. The van der Waals surface area contributed by atoms with Gasteiger partial charge in [-0.05, 0) is 36.5 Å². The Morgan fingerprint density at radius 3 is 2.16 bits per heavy atom. The Morgan fingerprint density at radius 1 is 1.16 bits per heavy atom. The number of halogens is 1. The molecule has 0 unspecified atom stereocenters. The van der Waals surface area contributed by atoms with Crippen molar-refractivity contribution < 1.29 is 4.79 Å². The van der Waals surface area contributed by atoms with E-state index in [0.29, 0.717) is 11.8 Å². The zero-order valence-corrected chi connectivity index (χ0v) is 14.1. The lowest BCUT2D eigenvalue weighted by molar-refractivity contribution is 0.0714. The van der Waals surface area contributed by atoms with Crippen molar-refractivity contribution in [3.63, 3.8) is 0 Å². The second-order valence-electron chi connectivity index (χ2n) is 5.96. The standard InChI is InChI=1S/C16H24BrNO/c1-11(2)9-18(10-12(3)4)16(19)15-8-14(17)7-6-13(15)5/h6-8,11-12H,9-10H2,1-5H3. The van der Waals surface area contributed by atoms with E-state index in [4.69, 9.17) is 0 Å². The molecule has 0 saturated heterocycles. The normalized spacial score (nSPS) is 11.2. The van der Waals surface area contributed by atoms with Crippen molar-refractivity contribution >= 4 is 21.8 Å². The van der Waals surface area contributed by atoms with Crippen LogP contribution in [0.2, 0.25) is 0 Å². The van der Waals surface area contributed by atoms with Crippen molar-refractivity contribution in [3.05, 3.63) is 33.8 Å². The maximum absolute atomic E-state index is 12.7. The van der Waals surface area contributed by atoms with Crippen molar-refractivity contribution in [1.82, 2.24) is 4.90 Å². The molecule has 0 aromatic heterocycles. The van der Waals surface area contributed by atoms with Crippen LogP contribution in [-0.2, 0) is 0 Å². The maximum atomic E-state index is 12.7. The minimum atomic E-state index is 0.140. The molecule has 0 spiro atoms. The Labute approximate surface area is 125 Å². The molecule has 0 N–H and O–H groups in total. The molecule has 1 rings (SSSR count). The van der Waals surface area contributed by atoms with Crippen molar-refractivity contribution in [1.29, 1.82) is 0 Å². The Hall–Kier alpha value is -0.830. The van der Waals surface area contributed by atoms with Crippen LogP contribution in [-0.4, -0.2) is 23.9 Å². The van der Waals surface area contributed by atoms with Crippen LogP contribution in [0.4, 0.5) is 0 Å². The van der Waals surface area contributed by atoms with Crippen molar-refractivity contribution in [2.45, 2.75) is 34.6 Å². The highest BCUT2D eigenvalue weighted by molar-refractivity contribution is 9.10. The summed E-state index contributed by atoms with van der Waals surface area (Å²) in [7, 11) is 0. The highest BCUT2D eigenvalue weighted by Gasteiger charge is 2.19. The molecule has 0 aliphatic rings. The average molecular weight is 326 g/mol. The van der Waals surface area contributed by atoms with Crippen LogP contribution >= 0.6 is 15.9 Å². The van der Waals surface area contributed by atoms with Crippen LogP contribution in [0.15, 0.2) is 22.7 Å². The summed E-state index contributed by atoms with van der Waals surface area (Å²) in [5.41, 5.74) is 1.83. The Morgan fingerprint density at radius 2 is 1.68 bits per heavy atom. The summed E-state index contributed by atoms with van der Waals surface area (Å²) in [6, 6.07) is 5.88. The van der Waals surface area contributed by atoms with Gasteiger partial charge in [0.1, 0.15) is 0 Å². The summed E-state index contributed by atoms with van der Waals surface area (Å²) in [6.45, 7) is 12.2.